The second-order valence-electron chi connectivity index (χ2n) is 5.03. The topological polar surface area (TPSA) is 29.3 Å². The van der Waals surface area contributed by atoms with Crippen molar-refractivity contribution in [1.82, 2.24) is 9.88 Å². The van der Waals surface area contributed by atoms with Crippen molar-refractivity contribution in [3.8, 4) is 0 Å². The molecule has 3 heterocycles. The van der Waals surface area contributed by atoms with Crippen molar-refractivity contribution in [2.75, 3.05) is 6.54 Å². The van der Waals surface area contributed by atoms with Gasteiger partial charge in [0.1, 0.15) is 0 Å². The molecule has 1 aromatic carbocycles. The van der Waals surface area contributed by atoms with Gasteiger partial charge in [0, 0.05) is 29.4 Å². The Morgan fingerprint density at radius 2 is 2.26 bits per heavy atom. The molecule has 19 heavy (non-hydrogen) atoms. The van der Waals surface area contributed by atoms with Crippen molar-refractivity contribution in [2.45, 2.75) is 19.4 Å². The predicted octanol–water partition coefficient (Wildman–Crippen LogP) is 3.13. The summed E-state index contributed by atoms with van der Waals surface area (Å²) in [6, 6.07) is 6.58. The minimum Gasteiger partial charge on any atom is -0.347 e. The van der Waals surface area contributed by atoms with Crippen LogP contribution in [-0.2, 0) is 13.0 Å². The van der Waals surface area contributed by atoms with Crippen LogP contribution in [0.15, 0.2) is 35.5 Å². The van der Waals surface area contributed by atoms with Crippen LogP contribution in [0.1, 0.15) is 17.5 Å². The zero-order valence-corrected chi connectivity index (χ0v) is 11.2. The lowest BCUT2D eigenvalue weighted by molar-refractivity contribution is 0.635. The monoisotopic (exact) mass is 271 g/mol. The third kappa shape index (κ3) is 1.69. The van der Waals surface area contributed by atoms with Crippen LogP contribution in [0.2, 0.25) is 0 Å². The summed E-state index contributed by atoms with van der Waals surface area (Å²) in [5.74, 6) is 0. The number of nitrogens with zero attached hydrogens (tertiary/aromatic N) is 2. The van der Waals surface area contributed by atoms with Gasteiger partial charge in [0.15, 0.2) is 5.29 Å². The second kappa shape index (κ2) is 4.14. The van der Waals surface area contributed by atoms with Gasteiger partial charge in [-0.2, -0.15) is 0 Å². The number of hydrogen-bond donors (Lipinski definition) is 1. The summed E-state index contributed by atoms with van der Waals surface area (Å²) in [6.45, 7) is 1.75. The Labute approximate surface area is 116 Å². The molecule has 2 aromatic rings. The quantitative estimate of drug-likeness (QED) is 0.794. The molecule has 0 amide bonds. The molecular weight excluding hydrogens is 258 g/mol. The Kier molecular flexibility index (Phi) is 2.42. The largest absolute Gasteiger partial charge is 0.347 e. The first-order chi connectivity index (χ1) is 9.33. The summed E-state index contributed by atoms with van der Waals surface area (Å²) in [4.78, 5) is 4.13. The van der Waals surface area contributed by atoms with Crippen molar-refractivity contribution >= 4 is 33.5 Å². The van der Waals surface area contributed by atoms with Gasteiger partial charge in [-0.25, -0.2) is 0 Å². The van der Waals surface area contributed by atoms with Gasteiger partial charge in [0.05, 0.1) is 12.1 Å². The highest BCUT2D eigenvalue weighted by Gasteiger charge is 2.18. The average molecular weight is 272 g/mol. The van der Waals surface area contributed by atoms with E-state index in [1.807, 2.05) is 0 Å². The van der Waals surface area contributed by atoms with Gasteiger partial charge in [0.2, 0.25) is 0 Å². The zero-order chi connectivity index (χ0) is 12.8. The highest BCUT2D eigenvalue weighted by Crippen LogP contribution is 2.32. The summed E-state index contributed by atoms with van der Waals surface area (Å²) in [7, 11) is 0. The van der Waals surface area contributed by atoms with Gasteiger partial charge >= 0.3 is 0 Å². The molecule has 0 atom stereocenters. The van der Waals surface area contributed by atoms with E-state index in [-0.39, 0.29) is 0 Å². The standard InChI is InChI=1S/C15H14ClN3/c16-15-17-7-6-13(18-15)12-9-19-8-2-4-10-3-1-5-11(12)14(10)19/h1,3,5-6,9H,2,4,7-8H2,(H,17,18). The summed E-state index contributed by atoms with van der Waals surface area (Å²) >= 11 is 5.99. The molecular formula is C15H14ClN3. The molecule has 4 rings (SSSR count). The van der Waals surface area contributed by atoms with Crippen molar-refractivity contribution in [3.05, 3.63) is 41.6 Å². The van der Waals surface area contributed by atoms with E-state index in [0.29, 0.717) is 11.8 Å². The maximum Gasteiger partial charge on any atom is 0.196 e. The molecule has 0 spiro atoms. The lowest BCUT2D eigenvalue weighted by Crippen LogP contribution is -2.20. The summed E-state index contributed by atoms with van der Waals surface area (Å²) < 4.78 is 2.37. The maximum absolute atomic E-state index is 5.99. The minimum atomic E-state index is 0.476. The van der Waals surface area contributed by atoms with Gasteiger partial charge in [-0.15, -0.1) is 0 Å². The summed E-state index contributed by atoms with van der Waals surface area (Å²) in [5.41, 5.74) is 5.13. The van der Waals surface area contributed by atoms with Crippen molar-refractivity contribution < 1.29 is 0 Å². The number of amidine groups is 1. The number of aryl methyl sites for hydroxylation is 2. The SMILES string of the molecule is ClC1=NCC=C(c2cn3c4c(cccc24)CCC3)N1. The van der Waals surface area contributed by atoms with Crippen LogP contribution in [0.4, 0.5) is 0 Å². The Morgan fingerprint density at radius 1 is 1.32 bits per heavy atom. The van der Waals surface area contributed by atoms with E-state index >= 15 is 0 Å². The third-order valence-electron chi connectivity index (χ3n) is 3.88. The van der Waals surface area contributed by atoms with Crippen LogP contribution in [-0.4, -0.2) is 16.4 Å². The molecule has 0 fully saturated rings. The smallest absolute Gasteiger partial charge is 0.196 e. The molecule has 3 nitrogen and oxygen atoms in total. The van der Waals surface area contributed by atoms with E-state index in [0.717, 1.165) is 12.2 Å². The van der Waals surface area contributed by atoms with Gasteiger partial charge < -0.3 is 9.88 Å². The average Bonchev–Trinajstić information content (AvgIpc) is 2.81. The normalized spacial score (nSPS) is 17.9. The van der Waals surface area contributed by atoms with Crippen LogP contribution < -0.4 is 5.32 Å². The summed E-state index contributed by atoms with van der Waals surface area (Å²) in [6.07, 6.45) is 6.72. The third-order valence-corrected chi connectivity index (χ3v) is 4.09. The lowest BCUT2D eigenvalue weighted by atomic mass is 10.0. The number of aromatic nitrogens is 1. The fourth-order valence-corrected chi connectivity index (χ4v) is 3.24. The van der Waals surface area contributed by atoms with Gasteiger partial charge in [-0.1, -0.05) is 18.2 Å². The number of benzene rings is 1. The Balaban J connectivity index is 1.93. The van der Waals surface area contributed by atoms with Crippen molar-refractivity contribution in [1.29, 1.82) is 0 Å². The molecule has 0 saturated carbocycles. The number of aliphatic imine (C=N–C) groups is 1. The maximum atomic E-state index is 5.99. The number of rotatable bonds is 1. The number of halogens is 1. The van der Waals surface area contributed by atoms with Gasteiger partial charge in [-0.3, -0.25) is 4.99 Å². The molecule has 1 N–H and O–H groups in total. The van der Waals surface area contributed by atoms with Crippen LogP contribution in [0.5, 0.6) is 0 Å². The molecule has 0 radical (unpaired) electrons. The first-order valence-corrected chi connectivity index (χ1v) is 6.99. The van der Waals surface area contributed by atoms with E-state index < -0.39 is 0 Å². The van der Waals surface area contributed by atoms with Crippen LogP contribution >= 0.6 is 11.6 Å². The Morgan fingerprint density at radius 3 is 3.16 bits per heavy atom. The molecule has 4 heteroatoms. The molecule has 0 unspecified atom stereocenters. The van der Waals surface area contributed by atoms with Crippen LogP contribution in [0.3, 0.4) is 0 Å². The predicted molar refractivity (Wildman–Crippen MR) is 79.5 cm³/mol. The van der Waals surface area contributed by atoms with E-state index in [9.17, 15) is 0 Å². The number of hydrogen-bond acceptors (Lipinski definition) is 2. The highest BCUT2D eigenvalue weighted by molar-refractivity contribution is 6.65. The first kappa shape index (κ1) is 11.1. The van der Waals surface area contributed by atoms with E-state index in [1.54, 1.807) is 0 Å². The van der Waals surface area contributed by atoms with E-state index in [1.165, 1.54) is 34.9 Å². The van der Waals surface area contributed by atoms with Crippen LogP contribution in [0.25, 0.3) is 16.6 Å². The molecule has 0 saturated heterocycles. The van der Waals surface area contributed by atoms with Crippen molar-refractivity contribution in [2.24, 2.45) is 4.99 Å². The highest BCUT2D eigenvalue weighted by atomic mass is 35.5. The number of para-hydroxylation sites is 1. The fourth-order valence-electron chi connectivity index (χ4n) is 3.07. The molecule has 2 aliphatic rings. The van der Waals surface area contributed by atoms with Crippen molar-refractivity contribution in [3.63, 3.8) is 0 Å². The molecule has 0 bridgehead atoms. The van der Waals surface area contributed by atoms with Gasteiger partial charge in [-0.05, 0) is 36.1 Å². The lowest BCUT2D eigenvalue weighted by Gasteiger charge is -2.14. The Bertz CT molecular complexity index is 724. The first-order valence-electron chi connectivity index (χ1n) is 6.61. The fraction of sp³-hybridized carbons (Fsp3) is 0.267. The second-order valence-corrected chi connectivity index (χ2v) is 5.39. The van der Waals surface area contributed by atoms with Crippen LogP contribution in [0, 0.1) is 0 Å². The minimum absolute atomic E-state index is 0.476. The van der Waals surface area contributed by atoms with Gasteiger partial charge in [0.25, 0.3) is 0 Å². The number of nitrogens with one attached hydrogen (secondary N) is 1. The van der Waals surface area contributed by atoms with E-state index in [2.05, 4.69) is 45.3 Å². The Hall–Kier alpha value is -1.74. The molecule has 0 aliphatic carbocycles. The molecule has 96 valence electrons. The summed E-state index contributed by atoms with van der Waals surface area (Å²) in [5, 5.41) is 4.95. The van der Waals surface area contributed by atoms with E-state index in [4.69, 9.17) is 11.6 Å². The zero-order valence-electron chi connectivity index (χ0n) is 10.5. The molecule has 2 aliphatic heterocycles. The molecule has 1 aromatic heterocycles.